The standard InChI is InChI=1S/C30H24N2O5S/c1-15-9-11-38-29(15)27-24-17-4-3-10-31-19(17)6-7-20(24)32-21-13-18(25(30(34)35-2)28(33)26(21)27)16-5-8-22-23(12-16)37-14-36-22/h3-12,18,25,27,32H,13-14H2,1-2H3. The van der Waals surface area contributed by atoms with E-state index in [1.807, 2.05) is 42.5 Å². The molecule has 1 N–H and O–H groups in total. The molecule has 8 heteroatoms. The lowest BCUT2D eigenvalue weighted by Crippen LogP contribution is -2.40. The van der Waals surface area contributed by atoms with E-state index in [1.54, 1.807) is 17.5 Å². The number of methoxy groups -OCH3 is 1. The average molecular weight is 525 g/mol. The van der Waals surface area contributed by atoms with Gasteiger partial charge in [-0.2, -0.15) is 0 Å². The third-order valence-corrected chi connectivity index (χ3v) is 8.92. The Balaban J connectivity index is 1.44. The predicted octanol–water partition coefficient (Wildman–Crippen LogP) is 5.69. The smallest absolute Gasteiger partial charge is 0.317 e. The number of nitrogens with zero attached hydrogens (tertiary/aromatic N) is 1. The number of fused-ring (bicyclic) bond motifs is 4. The molecule has 0 amide bonds. The molecule has 2 aromatic carbocycles. The largest absolute Gasteiger partial charge is 0.468 e. The van der Waals surface area contributed by atoms with Crippen molar-refractivity contribution in [1.82, 2.24) is 4.98 Å². The number of pyridine rings is 1. The summed E-state index contributed by atoms with van der Waals surface area (Å²) in [6.45, 7) is 2.22. The molecule has 0 radical (unpaired) electrons. The Kier molecular flexibility index (Phi) is 5.26. The molecule has 2 aromatic heterocycles. The van der Waals surface area contributed by atoms with Crippen molar-refractivity contribution in [2.45, 2.75) is 25.2 Å². The number of esters is 1. The van der Waals surface area contributed by atoms with E-state index in [2.05, 4.69) is 28.7 Å². The molecule has 3 aliphatic rings. The zero-order chi connectivity index (χ0) is 26.0. The number of allylic oxidation sites excluding steroid dienone is 2. The molecule has 3 atom stereocenters. The number of rotatable bonds is 3. The van der Waals surface area contributed by atoms with E-state index in [-0.39, 0.29) is 18.5 Å². The summed E-state index contributed by atoms with van der Waals surface area (Å²) in [6, 6.07) is 15.7. The topological polar surface area (TPSA) is 86.8 Å². The minimum atomic E-state index is -0.974. The zero-order valence-corrected chi connectivity index (χ0v) is 21.6. The van der Waals surface area contributed by atoms with Gasteiger partial charge in [0.05, 0.1) is 18.5 Å². The maximum atomic E-state index is 14.5. The number of hydrogen-bond acceptors (Lipinski definition) is 8. The summed E-state index contributed by atoms with van der Waals surface area (Å²) in [5.74, 6) is -1.17. The fraction of sp³-hybridized carbons (Fsp3) is 0.233. The number of ketones is 1. The van der Waals surface area contributed by atoms with Gasteiger partial charge in [-0.15, -0.1) is 11.3 Å². The van der Waals surface area contributed by atoms with E-state index in [0.29, 0.717) is 23.5 Å². The molecule has 0 saturated heterocycles. The maximum Gasteiger partial charge on any atom is 0.317 e. The lowest BCUT2D eigenvalue weighted by molar-refractivity contribution is -0.149. The van der Waals surface area contributed by atoms with Gasteiger partial charge in [0.25, 0.3) is 0 Å². The second kappa shape index (κ2) is 8.70. The number of nitrogens with one attached hydrogen (secondary N) is 1. The van der Waals surface area contributed by atoms with E-state index < -0.39 is 17.8 Å². The number of aryl methyl sites for hydroxylation is 1. The lowest BCUT2D eigenvalue weighted by atomic mass is 9.67. The zero-order valence-electron chi connectivity index (χ0n) is 20.8. The molecular formula is C30H24N2O5S. The highest BCUT2D eigenvalue weighted by Crippen LogP contribution is 2.53. The van der Waals surface area contributed by atoms with Crippen LogP contribution in [-0.2, 0) is 14.3 Å². The van der Waals surface area contributed by atoms with Crippen LogP contribution in [0.3, 0.4) is 0 Å². The number of carbonyl (C=O) groups is 2. The highest BCUT2D eigenvalue weighted by atomic mass is 32.1. The van der Waals surface area contributed by atoms with Gasteiger partial charge in [-0.1, -0.05) is 12.1 Å². The Morgan fingerprint density at radius 1 is 1.13 bits per heavy atom. The molecule has 1 aliphatic carbocycles. The van der Waals surface area contributed by atoms with E-state index in [4.69, 9.17) is 14.2 Å². The fourth-order valence-electron chi connectivity index (χ4n) is 6.08. The van der Waals surface area contributed by atoms with Crippen LogP contribution in [0.2, 0.25) is 0 Å². The first-order chi connectivity index (χ1) is 18.5. The van der Waals surface area contributed by atoms with Crippen molar-refractivity contribution in [3.63, 3.8) is 0 Å². The molecule has 190 valence electrons. The molecule has 4 heterocycles. The molecule has 38 heavy (non-hydrogen) atoms. The van der Waals surface area contributed by atoms with Crippen LogP contribution < -0.4 is 14.8 Å². The van der Waals surface area contributed by atoms with Gasteiger partial charge in [-0.3, -0.25) is 14.6 Å². The van der Waals surface area contributed by atoms with Crippen molar-refractivity contribution in [3.05, 3.63) is 92.9 Å². The number of aromatic nitrogens is 1. The van der Waals surface area contributed by atoms with Gasteiger partial charge in [0.1, 0.15) is 5.92 Å². The highest BCUT2D eigenvalue weighted by molar-refractivity contribution is 7.10. The Hall–Kier alpha value is -4.17. The van der Waals surface area contributed by atoms with Crippen molar-refractivity contribution in [1.29, 1.82) is 0 Å². The Bertz CT molecular complexity index is 1670. The maximum absolute atomic E-state index is 14.5. The van der Waals surface area contributed by atoms with Gasteiger partial charge in [0.15, 0.2) is 17.3 Å². The van der Waals surface area contributed by atoms with Crippen molar-refractivity contribution in [2.24, 2.45) is 5.92 Å². The molecule has 4 aromatic rings. The van der Waals surface area contributed by atoms with Gasteiger partial charge in [0.2, 0.25) is 6.79 Å². The quantitative estimate of drug-likeness (QED) is 0.272. The Morgan fingerprint density at radius 3 is 2.82 bits per heavy atom. The monoisotopic (exact) mass is 524 g/mol. The summed E-state index contributed by atoms with van der Waals surface area (Å²) >= 11 is 1.63. The van der Waals surface area contributed by atoms with E-state index in [9.17, 15) is 9.59 Å². The first-order valence-corrected chi connectivity index (χ1v) is 13.4. The van der Waals surface area contributed by atoms with Gasteiger partial charge in [-0.05, 0) is 71.8 Å². The summed E-state index contributed by atoms with van der Waals surface area (Å²) in [7, 11) is 1.34. The molecular weight excluding hydrogens is 500 g/mol. The summed E-state index contributed by atoms with van der Waals surface area (Å²) in [5.41, 5.74) is 6.25. The molecule has 0 spiro atoms. The van der Waals surface area contributed by atoms with E-state index in [0.717, 1.165) is 43.9 Å². The second-order valence-electron chi connectivity index (χ2n) is 9.80. The Labute approximate surface area is 223 Å². The second-order valence-corrected chi connectivity index (χ2v) is 10.8. The summed E-state index contributed by atoms with van der Waals surface area (Å²) in [6.07, 6.45) is 2.25. The summed E-state index contributed by atoms with van der Waals surface area (Å²) in [5, 5.41) is 6.63. The number of Topliss-reactive ketones (excluding diaryl/α,β-unsaturated/α-hetero) is 1. The van der Waals surface area contributed by atoms with E-state index in [1.165, 1.54) is 7.11 Å². The van der Waals surface area contributed by atoms with Gasteiger partial charge >= 0.3 is 5.97 Å². The SMILES string of the molecule is COC(=O)C1C(=O)C2=C(CC1c1ccc3c(c1)OCO3)Nc1ccc3ncccc3c1C2c1sccc1C. The van der Waals surface area contributed by atoms with Crippen LogP contribution in [0.5, 0.6) is 11.5 Å². The van der Waals surface area contributed by atoms with Crippen LogP contribution in [0, 0.1) is 12.8 Å². The first kappa shape index (κ1) is 23.0. The third-order valence-electron chi connectivity index (χ3n) is 7.83. The average Bonchev–Trinajstić information content (AvgIpc) is 3.59. The molecule has 0 saturated carbocycles. The molecule has 7 nitrogen and oxygen atoms in total. The number of anilines is 1. The molecule has 3 unspecified atom stereocenters. The minimum Gasteiger partial charge on any atom is -0.468 e. The molecule has 0 bridgehead atoms. The van der Waals surface area contributed by atoms with Gasteiger partial charge < -0.3 is 19.5 Å². The number of benzene rings is 2. The van der Waals surface area contributed by atoms with Gasteiger partial charge in [-0.25, -0.2) is 0 Å². The van der Waals surface area contributed by atoms with E-state index >= 15 is 0 Å². The van der Waals surface area contributed by atoms with Crippen molar-refractivity contribution < 1.29 is 23.8 Å². The highest BCUT2D eigenvalue weighted by Gasteiger charge is 2.48. The van der Waals surface area contributed by atoms with Crippen molar-refractivity contribution in [3.8, 4) is 11.5 Å². The first-order valence-electron chi connectivity index (χ1n) is 12.5. The molecule has 2 aliphatic heterocycles. The summed E-state index contributed by atoms with van der Waals surface area (Å²) in [4.78, 5) is 33.4. The van der Waals surface area contributed by atoms with Crippen LogP contribution in [0.15, 0.2) is 71.4 Å². The molecule has 0 fully saturated rings. The predicted molar refractivity (Wildman–Crippen MR) is 144 cm³/mol. The van der Waals surface area contributed by atoms with Crippen LogP contribution in [0.25, 0.3) is 10.9 Å². The fourth-order valence-corrected chi connectivity index (χ4v) is 7.12. The van der Waals surface area contributed by atoms with Crippen LogP contribution in [-0.4, -0.2) is 30.6 Å². The van der Waals surface area contributed by atoms with Crippen molar-refractivity contribution >= 4 is 39.7 Å². The number of ether oxygens (including phenoxy) is 3. The van der Waals surface area contributed by atoms with Crippen LogP contribution in [0.1, 0.15) is 39.8 Å². The van der Waals surface area contributed by atoms with Crippen molar-refractivity contribution in [2.75, 3.05) is 19.2 Å². The van der Waals surface area contributed by atoms with Gasteiger partial charge in [0, 0.05) is 39.3 Å². The third kappa shape index (κ3) is 3.36. The Morgan fingerprint density at radius 2 is 2.00 bits per heavy atom. The molecule has 7 rings (SSSR count). The normalized spacial score (nSPS) is 21.6. The summed E-state index contributed by atoms with van der Waals surface area (Å²) < 4.78 is 16.3. The van der Waals surface area contributed by atoms with Crippen LogP contribution >= 0.6 is 11.3 Å². The number of thiophene rings is 1. The minimum absolute atomic E-state index is 0.154. The van der Waals surface area contributed by atoms with Crippen LogP contribution in [0.4, 0.5) is 5.69 Å². The number of hydrogen-bond donors (Lipinski definition) is 1. The number of carbonyl (C=O) groups excluding carboxylic acids is 2. The lowest BCUT2D eigenvalue weighted by Gasteiger charge is -2.39.